The van der Waals surface area contributed by atoms with E-state index < -0.39 is 0 Å². The number of guanidine groups is 1. The molecular formula is C12H19ClN4. The Labute approximate surface area is 108 Å². The number of rotatable bonds is 5. The van der Waals surface area contributed by atoms with Crippen molar-refractivity contribution in [2.24, 2.45) is 4.99 Å². The quantitative estimate of drug-likeness (QED) is 0.479. The number of aromatic nitrogens is 1. The summed E-state index contributed by atoms with van der Waals surface area (Å²) < 4.78 is 0. The Morgan fingerprint density at radius 1 is 1.29 bits per heavy atom. The molecule has 0 aromatic carbocycles. The molecule has 0 saturated carbocycles. The average molecular weight is 255 g/mol. The van der Waals surface area contributed by atoms with E-state index in [1.807, 2.05) is 6.07 Å². The minimum atomic E-state index is 0.526. The van der Waals surface area contributed by atoms with Crippen LogP contribution in [0.25, 0.3) is 0 Å². The summed E-state index contributed by atoms with van der Waals surface area (Å²) in [5, 5.41) is 6.89. The van der Waals surface area contributed by atoms with E-state index in [9.17, 15) is 0 Å². The fourth-order valence-corrected chi connectivity index (χ4v) is 1.47. The first-order valence-electron chi connectivity index (χ1n) is 5.88. The van der Waals surface area contributed by atoms with Crippen LogP contribution >= 0.6 is 11.6 Å². The Morgan fingerprint density at radius 3 is 2.53 bits per heavy atom. The van der Waals surface area contributed by atoms with E-state index in [1.165, 1.54) is 0 Å². The monoisotopic (exact) mass is 254 g/mol. The van der Waals surface area contributed by atoms with Gasteiger partial charge in [0.25, 0.3) is 0 Å². The molecule has 1 rings (SSSR count). The Morgan fingerprint density at radius 2 is 2.00 bits per heavy atom. The van der Waals surface area contributed by atoms with Crippen LogP contribution in [0, 0.1) is 0 Å². The summed E-state index contributed by atoms with van der Waals surface area (Å²) in [4.78, 5) is 8.49. The van der Waals surface area contributed by atoms with Gasteiger partial charge >= 0.3 is 0 Å². The molecule has 0 saturated heterocycles. The van der Waals surface area contributed by atoms with Crippen molar-refractivity contribution in [2.75, 3.05) is 19.6 Å². The topological polar surface area (TPSA) is 49.3 Å². The van der Waals surface area contributed by atoms with E-state index in [0.717, 1.165) is 37.6 Å². The van der Waals surface area contributed by atoms with Gasteiger partial charge in [-0.3, -0.25) is 4.99 Å². The summed E-state index contributed by atoms with van der Waals surface area (Å²) in [5.74, 6) is 0.858. The van der Waals surface area contributed by atoms with E-state index in [1.54, 1.807) is 12.3 Å². The third kappa shape index (κ3) is 5.54. The van der Waals surface area contributed by atoms with E-state index in [2.05, 4.69) is 34.5 Å². The Balaban J connectivity index is 2.43. The molecule has 0 bridgehead atoms. The average Bonchev–Trinajstić information content (AvgIpc) is 2.32. The fourth-order valence-electron chi connectivity index (χ4n) is 1.36. The van der Waals surface area contributed by atoms with Gasteiger partial charge in [-0.1, -0.05) is 17.7 Å². The molecule has 5 heteroatoms. The van der Waals surface area contributed by atoms with Gasteiger partial charge in [0.2, 0.25) is 0 Å². The van der Waals surface area contributed by atoms with Crippen molar-refractivity contribution in [2.45, 2.75) is 20.3 Å². The zero-order valence-corrected chi connectivity index (χ0v) is 11.1. The molecule has 0 spiro atoms. The molecule has 94 valence electrons. The molecule has 0 radical (unpaired) electrons. The van der Waals surface area contributed by atoms with Gasteiger partial charge in [-0.05, 0) is 31.9 Å². The van der Waals surface area contributed by atoms with Crippen molar-refractivity contribution in [3.63, 3.8) is 0 Å². The molecule has 2 N–H and O–H groups in total. The minimum absolute atomic E-state index is 0.526. The lowest BCUT2D eigenvalue weighted by molar-refractivity contribution is 0.832. The molecule has 1 aromatic rings. The van der Waals surface area contributed by atoms with Crippen LogP contribution in [-0.4, -0.2) is 30.6 Å². The smallest absolute Gasteiger partial charge is 0.191 e. The molecule has 1 aromatic heterocycles. The molecule has 0 aliphatic carbocycles. The number of pyridine rings is 1. The molecule has 17 heavy (non-hydrogen) atoms. The van der Waals surface area contributed by atoms with Gasteiger partial charge in [-0.25, -0.2) is 4.98 Å². The summed E-state index contributed by atoms with van der Waals surface area (Å²) in [6, 6.07) is 3.78. The summed E-state index contributed by atoms with van der Waals surface area (Å²) in [6.07, 6.45) is 2.66. The SMILES string of the molecule is CCNC(=NCCc1ccc(Cl)nc1)NCC. The predicted octanol–water partition coefficient (Wildman–Crippen LogP) is 1.85. The number of halogens is 1. The number of aliphatic imine (C=N–C) groups is 1. The third-order valence-electron chi connectivity index (χ3n) is 2.15. The normalized spacial score (nSPS) is 9.82. The maximum Gasteiger partial charge on any atom is 0.191 e. The second-order valence-electron chi connectivity index (χ2n) is 3.53. The Hall–Kier alpha value is -1.29. The van der Waals surface area contributed by atoms with E-state index in [-0.39, 0.29) is 0 Å². The van der Waals surface area contributed by atoms with Gasteiger partial charge < -0.3 is 10.6 Å². The van der Waals surface area contributed by atoms with Gasteiger partial charge in [-0.15, -0.1) is 0 Å². The molecule has 0 aliphatic heterocycles. The summed E-state index contributed by atoms with van der Waals surface area (Å²) in [6.45, 7) is 6.58. The standard InChI is InChI=1S/C12H19ClN4/c1-3-14-12(15-4-2)16-8-7-10-5-6-11(13)17-9-10/h5-6,9H,3-4,7-8H2,1-2H3,(H2,14,15,16). The van der Waals surface area contributed by atoms with Gasteiger partial charge in [-0.2, -0.15) is 0 Å². The van der Waals surface area contributed by atoms with Crippen LogP contribution in [0.3, 0.4) is 0 Å². The van der Waals surface area contributed by atoms with Crippen LogP contribution in [0.15, 0.2) is 23.3 Å². The zero-order chi connectivity index (χ0) is 12.5. The third-order valence-corrected chi connectivity index (χ3v) is 2.37. The first-order valence-corrected chi connectivity index (χ1v) is 6.26. The molecule has 0 amide bonds. The molecular weight excluding hydrogens is 236 g/mol. The highest BCUT2D eigenvalue weighted by Gasteiger charge is 1.96. The first kappa shape index (κ1) is 13.8. The molecule has 1 heterocycles. The maximum absolute atomic E-state index is 5.72. The van der Waals surface area contributed by atoms with Gasteiger partial charge in [0.05, 0.1) is 0 Å². The zero-order valence-electron chi connectivity index (χ0n) is 10.3. The van der Waals surface area contributed by atoms with E-state index >= 15 is 0 Å². The fraction of sp³-hybridized carbons (Fsp3) is 0.500. The molecule has 0 fully saturated rings. The van der Waals surface area contributed by atoms with Crippen molar-refractivity contribution >= 4 is 17.6 Å². The second-order valence-corrected chi connectivity index (χ2v) is 3.92. The van der Waals surface area contributed by atoms with Crippen LogP contribution in [0.4, 0.5) is 0 Å². The van der Waals surface area contributed by atoms with Gasteiger partial charge in [0, 0.05) is 25.8 Å². The van der Waals surface area contributed by atoms with Gasteiger partial charge in [0.15, 0.2) is 5.96 Å². The Bertz CT molecular complexity index is 340. The van der Waals surface area contributed by atoms with Crippen molar-refractivity contribution in [3.8, 4) is 0 Å². The first-order chi connectivity index (χ1) is 8.26. The summed E-state index contributed by atoms with van der Waals surface area (Å²) in [5.41, 5.74) is 1.14. The number of hydrogen-bond donors (Lipinski definition) is 2. The number of nitrogens with one attached hydrogen (secondary N) is 2. The number of hydrogen-bond acceptors (Lipinski definition) is 2. The van der Waals surface area contributed by atoms with Crippen molar-refractivity contribution in [3.05, 3.63) is 29.0 Å². The van der Waals surface area contributed by atoms with Crippen LogP contribution in [0.1, 0.15) is 19.4 Å². The number of nitrogens with zero attached hydrogens (tertiary/aromatic N) is 2. The lowest BCUT2D eigenvalue weighted by atomic mass is 10.2. The Kier molecular flexibility index (Phi) is 6.40. The molecule has 0 aliphatic rings. The highest BCUT2D eigenvalue weighted by Crippen LogP contribution is 2.05. The summed E-state index contributed by atoms with van der Waals surface area (Å²) in [7, 11) is 0. The van der Waals surface area contributed by atoms with Crippen LogP contribution < -0.4 is 10.6 Å². The van der Waals surface area contributed by atoms with Crippen molar-refractivity contribution < 1.29 is 0 Å². The van der Waals surface area contributed by atoms with Crippen molar-refractivity contribution in [1.82, 2.24) is 15.6 Å². The maximum atomic E-state index is 5.72. The summed E-state index contributed by atoms with van der Waals surface area (Å²) >= 11 is 5.72. The predicted molar refractivity (Wildman–Crippen MR) is 72.6 cm³/mol. The molecule has 4 nitrogen and oxygen atoms in total. The van der Waals surface area contributed by atoms with Gasteiger partial charge in [0.1, 0.15) is 5.15 Å². The van der Waals surface area contributed by atoms with E-state index in [0.29, 0.717) is 5.15 Å². The van der Waals surface area contributed by atoms with Crippen LogP contribution in [0.5, 0.6) is 0 Å². The lowest BCUT2D eigenvalue weighted by Gasteiger charge is -2.08. The largest absolute Gasteiger partial charge is 0.357 e. The van der Waals surface area contributed by atoms with E-state index in [4.69, 9.17) is 11.6 Å². The molecule has 0 atom stereocenters. The lowest BCUT2D eigenvalue weighted by Crippen LogP contribution is -2.37. The molecule has 0 unspecified atom stereocenters. The second kappa shape index (κ2) is 7.90. The van der Waals surface area contributed by atoms with Crippen LogP contribution in [-0.2, 0) is 6.42 Å². The van der Waals surface area contributed by atoms with Crippen LogP contribution in [0.2, 0.25) is 5.15 Å². The minimum Gasteiger partial charge on any atom is -0.357 e. The highest BCUT2D eigenvalue weighted by atomic mass is 35.5. The highest BCUT2D eigenvalue weighted by molar-refractivity contribution is 6.29. The van der Waals surface area contributed by atoms with Crippen molar-refractivity contribution in [1.29, 1.82) is 0 Å².